The topological polar surface area (TPSA) is 109 Å². The van der Waals surface area contributed by atoms with Crippen LogP contribution in [0.4, 0.5) is 19.0 Å². The van der Waals surface area contributed by atoms with E-state index in [0.29, 0.717) is 48.0 Å². The molecule has 0 spiro atoms. The summed E-state index contributed by atoms with van der Waals surface area (Å²) in [5.74, 6) is 0.295. The SMILES string of the molecule is Cc1cc(C)n(-c2nc3c(c(=O)n2-c2ccc(N4CC[C@H](O)C4)nc2)C[C@@H](C)N(C(=O)c2ccc(Br)c(C(F)(F)F)c2)C3)n1. The Kier molecular flexibility index (Phi) is 7.60. The molecule has 1 amide bonds. The van der Waals surface area contributed by atoms with Gasteiger partial charge >= 0.3 is 6.18 Å². The Morgan fingerprint density at radius 3 is 2.52 bits per heavy atom. The van der Waals surface area contributed by atoms with E-state index in [9.17, 15) is 27.9 Å². The minimum Gasteiger partial charge on any atom is -0.391 e. The molecule has 2 aliphatic heterocycles. The Hall–Kier alpha value is -4.04. The number of aliphatic hydroxyl groups is 1. The second-order valence-corrected chi connectivity index (χ2v) is 12.1. The average molecular weight is 673 g/mol. The first kappa shape index (κ1) is 30.0. The molecule has 0 unspecified atom stereocenters. The summed E-state index contributed by atoms with van der Waals surface area (Å²) >= 11 is 2.92. The van der Waals surface area contributed by atoms with Gasteiger partial charge in [-0.25, -0.2) is 19.2 Å². The van der Waals surface area contributed by atoms with Crippen LogP contribution in [0.25, 0.3) is 11.6 Å². The van der Waals surface area contributed by atoms with Gasteiger partial charge in [0.25, 0.3) is 11.5 Å². The summed E-state index contributed by atoms with van der Waals surface area (Å²) in [6.07, 6.45) is -2.66. The van der Waals surface area contributed by atoms with Crippen molar-refractivity contribution in [3.63, 3.8) is 0 Å². The first-order chi connectivity index (χ1) is 20.8. The molecule has 44 heavy (non-hydrogen) atoms. The maximum absolute atomic E-state index is 14.2. The van der Waals surface area contributed by atoms with Crippen molar-refractivity contribution in [3.8, 4) is 11.6 Å². The molecule has 0 bridgehead atoms. The number of hydrogen-bond acceptors (Lipinski definition) is 7. The van der Waals surface area contributed by atoms with Gasteiger partial charge in [-0.1, -0.05) is 15.9 Å². The lowest BCUT2D eigenvalue weighted by Gasteiger charge is -2.34. The summed E-state index contributed by atoms with van der Waals surface area (Å²) in [7, 11) is 0. The van der Waals surface area contributed by atoms with Gasteiger partial charge in [0.2, 0.25) is 5.95 Å². The lowest BCUT2D eigenvalue weighted by molar-refractivity contribution is -0.138. The van der Waals surface area contributed by atoms with Crippen molar-refractivity contribution in [3.05, 3.63) is 91.2 Å². The molecule has 0 radical (unpaired) electrons. The van der Waals surface area contributed by atoms with Crippen molar-refractivity contribution in [2.45, 2.75) is 58.5 Å². The number of carbonyl (C=O) groups is 1. The molecule has 1 aromatic carbocycles. The van der Waals surface area contributed by atoms with Crippen LogP contribution in [0.1, 0.15) is 51.9 Å². The number of β-amino-alcohol motifs (C(OH)–C–C–N with tert-alkyl or cyclic N) is 1. The summed E-state index contributed by atoms with van der Waals surface area (Å²) in [5.41, 5.74) is 1.27. The van der Waals surface area contributed by atoms with E-state index in [2.05, 4.69) is 26.0 Å². The fourth-order valence-corrected chi connectivity index (χ4v) is 6.28. The van der Waals surface area contributed by atoms with Gasteiger partial charge in [-0.05, 0) is 70.0 Å². The number of halogens is 4. The second kappa shape index (κ2) is 11.1. The van der Waals surface area contributed by atoms with Crippen LogP contribution in [0.15, 0.2) is 51.9 Å². The predicted molar refractivity (Wildman–Crippen MR) is 159 cm³/mol. The molecule has 10 nitrogen and oxygen atoms in total. The quantitative estimate of drug-likeness (QED) is 0.343. The largest absolute Gasteiger partial charge is 0.417 e. The van der Waals surface area contributed by atoms with Gasteiger partial charge in [-0.15, -0.1) is 0 Å². The van der Waals surface area contributed by atoms with Crippen LogP contribution in [-0.4, -0.2) is 65.5 Å². The van der Waals surface area contributed by atoms with Crippen LogP contribution in [-0.2, 0) is 19.1 Å². The molecular formula is C30H29BrF3N7O3. The zero-order valence-corrected chi connectivity index (χ0v) is 25.7. The van der Waals surface area contributed by atoms with E-state index in [0.717, 1.165) is 11.8 Å². The number of fused-ring (bicyclic) bond motifs is 1. The molecule has 2 aliphatic rings. The first-order valence-corrected chi connectivity index (χ1v) is 14.9. The van der Waals surface area contributed by atoms with Crippen molar-refractivity contribution < 1.29 is 23.1 Å². The van der Waals surface area contributed by atoms with Gasteiger partial charge < -0.3 is 14.9 Å². The highest BCUT2D eigenvalue weighted by Crippen LogP contribution is 2.36. The molecule has 1 N–H and O–H groups in total. The third-order valence-electron chi connectivity index (χ3n) is 8.05. The Morgan fingerprint density at radius 2 is 1.91 bits per heavy atom. The number of alkyl halides is 3. The third-order valence-corrected chi connectivity index (χ3v) is 8.74. The maximum atomic E-state index is 14.2. The number of aryl methyl sites for hydroxylation is 2. The minimum absolute atomic E-state index is 0.0659. The van der Waals surface area contributed by atoms with Crippen LogP contribution in [0, 0.1) is 13.8 Å². The van der Waals surface area contributed by atoms with E-state index in [4.69, 9.17) is 4.98 Å². The Labute approximate surface area is 258 Å². The number of pyridine rings is 1. The normalized spacial score (nSPS) is 18.5. The predicted octanol–water partition coefficient (Wildman–Crippen LogP) is 4.37. The fraction of sp³-hybridized carbons (Fsp3) is 0.367. The van der Waals surface area contributed by atoms with E-state index in [1.165, 1.54) is 21.6 Å². The molecule has 0 aliphatic carbocycles. The van der Waals surface area contributed by atoms with E-state index in [1.54, 1.807) is 29.9 Å². The van der Waals surface area contributed by atoms with Gasteiger partial charge in [0.05, 0.1) is 41.5 Å². The number of rotatable bonds is 4. The van der Waals surface area contributed by atoms with Crippen molar-refractivity contribution in [1.29, 1.82) is 0 Å². The molecule has 3 aromatic heterocycles. The molecule has 1 saturated heterocycles. The number of carbonyl (C=O) groups excluding carboxylic acids is 1. The molecule has 2 atom stereocenters. The zero-order chi connectivity index (χ0) is 31.5. The molecule has 6 rings (SSSR count). The molecule has 14 heteroatoms. The molecule has 1 fully saturated rings. The van der Waals surface area contributed by atoms with Gasteiger partial charge in [0.1, 0.15) is 5.82 Å². The minimum atomic E-state index is -4.64. The number of aliphatic hydroxyl groups excluding tert-OH is 1. The van der Waals surface area contributed by atoms with Gasteiger partial charge in [0.15, 0.2) is 0 Å². The highest BCUT2D eigenvalue weighted by molar-refractivity contribution is 9.10. The van der Waals surface area contributed by atoms with E-state index in [1.807, 2.05) is 24.8 Å². The van der Waals surface area contributed by atoms with E-state index in [-0.39, 0.29) is 34.5 Å². The summed E-state index contributed by atoms with van der Waals surface area (Å²) in [6, 6.07) is 8.31. The highest BCUT2D eigenvalue weighted by atomic mass is 79.9. The standard InChI is InChI=1S/C30H29BrF3N7O3/c1-16-10-18(3)41(37-16)29-36-25-15-39(27(43)19-4-6-24(31)23(12-19)30(32,33)34)17(2)11-22(25)28(44)40(29)20-5-7-26(35-13-20)38-9-8-21(42)14-38/h4-7,10,12-13,17,21,42H,8-9,11,14-15H2,1-3H3/t17-,21+/m1/s1. The number of nitrogens with zero attached hydrogens (tertiary/aromatic N) is 7. The second-order valence-electron chi connectivity index (χ2n) is 11.3. The van der Waals surface area contributed by atoms with Crippen LogP contribution in [0.3, 0.4) is 0 Å². The number of anilines is 1. The lowest BCUT2D eigenvalue weighted by Crippen LogP contribution is -2.46. The number of aromatic nitrogens is 5. The monoisotopic (exact) mass is 671 g/mol. The van der Waals surface area contributed by atoms with Crippen LogP contribution in [0.5, 0.6) is 0 Å². The van der Waals surface area contributed by atoms with Gasteiger partial charge in [0, 0.05) is 40.4 Å². The summed E-state index contributed by atoms with van der Waals surface area (Å²) in [5, 5.41) is 14.5. The summed E-state index contributed by atoms with van der Waals surface area (Å²) in [4.78, 5) is 40.5. The maximum Gasteiger partial charge on any atom is 0.417 e. The molecule has 5 heterocycles. The Balaban J connectivity index is 1.42. The smallest absolute Gasteiger partial charge is 0.391 e. The summed E-state index contributed by atoms with van der Waals surface area (Å²) < 4.78 is 43.5. The van der Waals surface area contributed by atoms with Gasteiger partial charge in [-0.2, -0.15) is 18.3 Å². The van der Waals surface area contributed by atoms with Crippen molar-refractivity contribution in [2.24, 2.45) is 0 Å². The van der Waals surface area contributed by atoms with Gasteiger partial charge in [-0.3, -0.25) is 9.59 Å². The first-order valence-electron chi connectivity index (χ1n) is 14.1. The molecular weight excluding hydrogens is 643 g/mol. The third kappa shape index (κ3) is 5.40. The molecule has 230 valence electrons. The van der Waals surface area contributed by atoms with Crippen molar-refractivity contribution in [2.75, 3.05) is 18.0 Å². The highest BCUT2D eigenvalue weighted by Gasteiger charge is 2.36. The average Bonchev–Trinajstić information content (AvgIpc) is 3.56. The summed E-state index contributed by atoms with van der Waals surface area (Å²) in [6.45, 7) is 6.50. The molecule has 4 aromatic rings. The number of benzene rings is 1. The lowest BCUT2D eigenvalue weighted by atomic mass is 9.98. The Bertz CT molecular complexity index is 1820. The van der Waals surface area contributed by atoms with E-state index >= 15 is 0 Å². The number of amides is 1. The van der Waals surface area contributed by atoms with Crippen molar-refractivity contribution in [1.82, 2.24) is 29.2 Å². The van der Waals surface area contributed by atoms with Crippen LogP contribution in [0.2, 0.25) is 0 Å². The zero-order valence-electron chi connectivity index (χ0n) is 24.1. The molecule has 0 saturated carbocycles. The van der Waals surface area contributed by atoms with Crippen LogP contribution >= 0.6 is 15.9 Å². The fourth-order valence-electron chi connectivity index (χ4n) is 5.81. The van der Waals surface area contributed by atoms with Crippen LogP contribution < -0.4 is 10.5 Å². The van der Waals surface area contributed by atoms with Crippen molar-refractivity contribution >= 4 is 27.7 Å². The van der Waals surface area contributed by atoms with E-state index < -0.39 is 29.8 Å². The number of hydrogen-bond donors (Lipinski definition) is 1. The Morgan fingerprint density at radius 1 is 1.14 bits per heavy atom.